The molecule has 0 aliphatic carbocycles. The zero-order valence-electron chi connectivity index (χ0n) is 26.8. The molecule has 0 spiro atoms. The van der Waals surface area contributed by atoms with E-state index >= 15 is 0 Å². The van der Waals surface area contributed by atoms with Crippen LogP contribution in [0, 0.1) is 0 Å². The number of carboxylic acid groups (broad SMARTS) is 1. The molecular formula is C32H47N3O12. The first-order valence-electron chi connectivity index (χ1n) is 15.3. The molecule has 0 heterocycles. The third-order valence-corrected chi connectivity index (χ3v) is 6.14. The van der Waals surface area contributed by atoms with Gasteiger partial charge in [0.2, 0.25) is 5.91 Å². The quantitative estimate of drug-likeness (QED) is 0.102. The van der Waals surface area contributed by atoms with Gasteiger partial charge in [0.15, 0.2) is 0 Å². The fraction of sp³-hybridized carbons (Fsp3) is 0.531. The summed E-state index contributed by atoms with van der Waals surface area (Å²) in [5.74, 6) is -1.46. The lowest BCUT2D eigenvalue weighted by atomic mass is 10.1. The minimum Gasteiger partial charge on any atom is -0.478 e. The van der Waals surface area contributed by atoms with Crippen LogP contribution in [0.1, 0.15) is 15.9 Å². The topological polar surface area (TPSA) is 195 Å². The molecule has 0 aliphatic rings. The van der Waals surface area contributed by atoms with Crippen LogP contribution in [0.4, 0.5) is 16.2 Å². The molecule has 0 unspecified atom stereocenters. The molecule has 2 aromatic carbocycles. The van der Waals surface area contributed by atoms with Crippen molar-refractivity contribution in [2.75, 3.05) is 110 Å². The van der Waals surface area contributed by atoms with Crippen molar-refractivity contribution in [3.05, 3.63) is 59.7 Å². The first kappa shape index (κ1) is 39.5. The maximum atomic E-state index is 12.4. The van der Waals surface area contributed by atoms with Gasteiger partial charge in [0.05, 0.1) is 97.5 Å². The van der Waals surface area contributed by atoms with E-state index in [1.54, 1.807) is 31.4 Å². The summed E-state index contributed by atoms with van der Waals surface area (Å²) in [6.45, 7) is 6.01. The number of aromatic carboxylic acids is 1. The van der Waals surface area contributed by atoms with Gasteiger partial charge in [-0.25, -0.2) is 9.59 Å². The highest BCUT2D eigenvalue weighted by molar-refractivity contribution is 5.95. The molecule has 2 amide bonds. The molecule has 0 bridgehead atoms. The van der Waals surface area contributed by atoms with Gasteiger partial charge in [-0.3, -0.25) is 10.1 Å². The van der Waals surface area contributed by atoms with E-state index in [1.165, 1.54) is 24.3 Å². The van der Waals surface area contributed by atoms with E-state index in [1.807, 2.05) is 0 Å². The standard InChI is InChI=1S/C32H47N3O12/c1-40-10-11-41-12-13-42-14-15-43-16-17-44-18-19-45-20-21-46-22-23-47-32(39)35-28-6-2-25(3-7-28)24-29(33)30(36)34-27-8-4-26(5-9-27)31(37)38/h2-9,29H,10-24,33H2,1H3,(H,34,36)(H,35,39)(H,37,38)/t29-/m0/s1. The number of nitrogens with two attached hydrogens (primary N) is 1. The molecule has 47 heavy (non-hydrogen) atoms. The van der Waals surface area contributed by atoms with Crippen LogP contribution in [0.2, 0.25) is 0 Å². The summed E-state index contributed by atoms with van der Waals surface area (Å²) in [6, 6.07) is 11.8. The van der Waals surface area contributed by atoms with Crippen LogP contribution in [-0.4, -0.2) is 129 Å². The zero-order valence-corrected chi connectivity index (χ0v) is 26.8. The van der Waals surface area contributed by atoms with Gasteiger partial charge in [0, 0.05) is 18.5 Å². The van der Waals surface area contributed by atoms with Crippen LogP contribution in [0.5, 0.6) is 0 Å². The third-order valence-electron chi connectivity index (χ3n) is 6.14. The molecule has 15 nitrogen and oxygen atoms in total. The van der Waals surface area contributed by atoms with Gasteiger partial charge in [0.25, 0.3) is 0 Å². The fourth-order valence-electron chi connectivity index (χ4n) is 3.69. The number of hydrogen-bond acceptors (Lipinski definition) is 12. The van der Waals surface area contributed by atoms with Crippen molar-refractivity contribution < 1.29 is 57.4 Å². The maximum Gasteiger partial charge on any atom is 0.411 e. The SMILES string of the molecule is COCCOCCOCCOCCOCCOCCOCCOC(=O)Nc1ccc(C[C@H](N)C(=O)Nc2ccc(C(=O)O)cc2)cc1. The molecule has 5 N–H and O–H groups in total. The lowest BCUT2D eigenvalue weighted by Crippen LogP contribution is -2.37. The zero-order chi connectivity index (χ0) is 34.0. The molecule has 2 rings (SSSR count). The van der Waals surface area contributed by atoms with Gasteiger partial charge in [0.1, 0.15) is 6.61 Å². The van der Waals surface area contributed by atoms with Crippen molar-refractivity contribution in [2.24, 2.45) is 5.73 Å². The van der Waals surface area contributed by atoms with E-state index in [2.05, 4.69) is 10.6 Å². The van der Waals surface area contributed by atoms with E-state index in [0.717, 1.165) is 5.56 Å². The number of methoxy groups -OCH3 is 1. The Morgan fingerprint density at radius 3 is 1.47 bits per heavy atom. The van der Waals surface area contributed by atoms with E-state index in [4.69, 9.17) is 48.7 Å². The second kappa shape index (κ2) is 25.4. The van der Waals surface area contributed by atoms with Crippen molar-refractivity contribution in [3.63, 3.8) is 0 Å². The molecule has 0 saturated heterocycles. The van der Waals surface area contributed by atoms with Crippen LogP contribution in [0.25, 0.3) is 0 Å². The first-order valence-corrected chi connectivity index (χ1v) is 15.3. The highest BCUT2D eigenvalue weighted by Gasteiger charge is 2.15. The number of rotatable bonds is 27. The number of anilines is 2. The molecule has 262 valence electrons. The maximum absolute atomic E-state index is 12.4. The van der Waals surface area contributed by atoms with Gasteiger partial charge in [-0.2, -0.15) is 0 Å². The molecule has 15 heteroatoms. The van der Waals surface area contributed by atoms with Gasteiger partial charge >= 0.3 is 12.1 Å². The number of hydrogen-bond donors (Lipinski definition) is 4. The lowest BCUT2D eigenvalue weighted by molar-refractivity contribution is -0.117. The monoisotopic (exact) mass is 665 g/mol. The molecule has 0 radical (unpaired) electrons. The van der Waals surface area contributed by atoms with Crippen molar-refractivity contribution in [1.82, 2.24) is 0 Å². The van der Waals surface area contributed by atoms with Gasteiger partial charge in [-0.15, -0.1) is 0 Å². The number of carboxylic acids is 1. The highest BCUT2D eigenvalue weighted by atomic mass is 16.6. The van der Waals surface area contributed by atoms with Gasteiger partial charge in [-0.1, -0.05) is 12.1 Å². The summed E-state index contributed by atoms with van der Waals surface area (Å²) in [5.41, 5.74) is 7.90. The highest BCUT2D eigenvalue weighted by Crippen LogP contribution is 2.13. The molecule has 0 aliphatic heterocycles. The minimum atomic E-state index is -1.05. The summed E-state index contributed by atoms with van der Waals surface area (Å²) in [7, 11) is 1.63. The molecule has 1 atom stereocenters. The molecule has 0 saturated carbocycles. The Bertz CT molecular complexity index is 1140. The first-order chi connectivity index (χ1) is 22.9. The van der Waals surface area contributed by atoms with E-state index in [0.29, 0.717) is 90.7 Å². The average Bonchev–Trinajstić information content (AvgIpc) is 3.06. The third kappa shape index (κ3) is 19.6. The Labute approximate surface area is 274 Å². The van der Waals surface area contributed by atoms with Crippen molar-refractivity contribution in [3.8, 4) is 0 Å². The second-order valence-electron chi connectivity index (χ2n) is 9.81. The Morgan fingerprint density at radius 1 is 0.617 bits per heavy atom. The predicted molar refractivity (Wildman–Crippen MR) is 172 cm³/mol. The fourth-order valence-corrected chi connectivity index (χ4v) is 3.69. The number of amides is 2. The van der Waals surface area contributed by atoms with Crippen LogP contribution < -0.4 is 16.4 Å². The number of carbonyl (C=O) groups excluding carboxylic acids is 2. The summed E-state index contributed by atoms with van der Waals surface area (Å²) in [4.78, 5) is 35.4. The van der Waals surface area contributed by atoms with E-state index < -0.39 is 24.0 Å². The predicted octanol–water partition coefficient (Wildman–Crippen LogP) is 2.19. The van der Waals surface area contributed by atoms with E-state index in [-0.39, 0.29) is 25.2 Å². The Hall–Kier alpha value is -3.67. The summed E-state index contributed by atoms with van der Waals surface area (Å²) in [6.07, 6.45) is -0.364. The van der Waals surface area contributed by atoms with Gasteiger partial charge < -0.3 is 54.1 Å². The Kier molecular flexibility index (Phi) is 21.4. The average molecular weight is 666 g/mol. The number of benzene rings is 2. The van der Waals surface area contributed by atoms with Crippen molar-refractivity contribution >= 4 is 29.3 Å². The second-order valence-corrected chi connectivity index (χ2v) is 9.81. The molecule has 2 aromatic rings. The summed E-state index contributed by atoms with van der Waals surface area (Å²) >= 11 is 0. The smallest absolute Gasteiger partial charge is 0.411 e. The normalized spacial score (nSPS) is 11.6. The molecule has 0 aromatic heterocycles. The van der Waals surface area contributed by atoms with E-state index in [9.17, 15) is 14.4 Å². The lowest BCUT2D eigenvalue weighted by Gasteiger charge is -2.13. The van der Waals surface area contributed by atoms with Crippen LogP contribution in [0.3, 0.4) is 0 Å². The number of carbonyl (C=O) groups is 3. The van der Waals surface area contributed by atoms with Crippen LogP contribution in [0.15, 0.2) is 48.5 Å². The van der Waals surface area contributed by atoms with Gasteiger partial charge in [-0.05, 0) is 48.4 Å². The molecule has 0 fully saturated rings. The van der Waals surface area contributed by atoms with Crippen molar-refractivity contribution in [2.45, 2.75) is 12.5 Å². The summed E-state index contributed by atoms with van der Waals surface area (Å²) in [5, 5.41) is 14.3. The largest absolute Gasteiger partial charge is 0.478 e. The van der Waals surface area contributed by atoms with Crippen molar-refractivity contribution in [1.29, 1.82) is 0 Å². The van der Waals surface area contributed by atoms with Crippen LogP contribution in [-0.2, 0) is 49.1 Å². The molecular weight excluding hydrogens is 618 g/mol. The Morgan fingerprint density at radius 2 is 1.02 bits per heavy atom. The summed E-state index contributed by atoms with van der Waals surface area (Å²) < 4.78 is 42.3. The number of nitrogens with one attached hydrogen (secondary N) is 2. The number of ether oxygens (including phenoxy) is 8. The van der Waals surface area contributed by atoms with Crippen LogP contribution >= 0.6 is 0 Å². The minimum absolute atomic E-state index is 0.0727. The Balaban J connectivity index is 1.41.